The summed E-state index contributed by atoms with van der Waals surface area (Å²) in [7, 11) is 1.94. The van der Waals surface area contributed by atoms with E-state index in [0.717, 1.165) is 68.9 Å². The Kier molecular flexibility index (Phi) is 9.77. The van der Waals surface area contributed by atoms with Gasteiger partial charge in [0.25, 0.3) is 11.8 Å². The molecular weight excluding hydrogens is 571 g/mol. The van der Waals surface area contributed by atoms with Crippen molar-refractivity contribution in [3.05, 3.63) is 50.7 Å². The highest BCUT2D eigenvalue weighted by Gasteiger charge is 2.34. The van der Waals surface area contributed by atoms with Gasteiger partial charge in [-0.05, 0) is 38.5 Å². The molecule has 40 heavy (non-hydrogen) atoms. The summed E-state index contributed by atoms with van der Waals surface area (Å²) in [6.45, 7) is 6.42. The minimum absolute atomic E-state index is 0.139. The lowest BCUT2D eigenvalue weighted by Crippen LogP contribution is -2.37. The third-order valence-electron chi connectivity index (χ3n) is 6.36. The third kappa shape index (κ3) is 7.77. The molecule has 0 aliphatic carbocycles. The maximum atomic E-state index is 13.1. The number of thiazole rings is 1. The van der Waals surface area contributed by atoms with E-state index >= 15 is 0 Å². The molecule has 0 saturated carbocycles. The van der Waals surface area contributed by atoms with Crippen LogP contribution in [0.15, 0.2) is 35.2 Å². The van der Waals surface area contributed by atoms with Crippen molar-refractivity contribution >= 4 is 46.3 Å². The Morgan fingerprint density at radius 3 is 2.67 bits per heavy atom. The molecule has 4 rings (SSSR count). The minimum atomic E-state index is -4.69. The van der Waals surface area contributed by atoms with E-state index in [1.165, 1.54) is 6.20 Å². The first-order valence-electron chi connectivity index (χ1n) is 12.6. The summed E-state index contributed by atoms with van der Waals surface area (Å²) in [5.41, 5.74) is 0.237. The number of amides is 2. The van der Waals surface area contributed by atoms with Gasteiger partial charge in [-0.1, -0.05) is 11.6 Å². The normalized spacial score (nSPS) is 17.2. The van der Waals surface area contributed by atoms with E-state index in [9.17, 15) is 22.8 Å². The second-order valence-electron chi connectivity index (χ2n) is 9.34. The highest BCUT2D eigenvalue weighted by molar-refractivity contribution is 7.13. The van der Waals surface area contributed by atoms with Crippen LogP contribution in [0.5, 0.6) is 0 Å². The van der Waals surface area contributed by atoms with Gasteiger partial charge in [-0.15, -0.1) is 11.3 Å². The van der Waals surface area contributed by atoms with E-state index in [2.05, 4.69) is 30.5 Å². The zero-order valence-corrected chi connectivity index (χ0v) is 23.5. The Balaban J connectivity index is 1.32. The van der Waals surface area contributed by atoms with Crippen LogP contribution in [-0.4, -0.2) is 83.9 Å². The maximum absolute atomic E-state index is 13.1. The summed E-state index contributed by atoms with van der Waals surface area (Å²) in [5.74, 6) is -1.35. The van der Waals surface area contributed by atoms with Crippen molar-refractivity contribution in [1.82, 2.24) is 25.1 Å². The number of allylic oxidation sites excluding steroid dienone is 1. The van der Waals surface area contributed by atoms with E-state index in [0.29, 0.717) is 23.5 Å². The molecule has 1 atom stereocenters. The van der Waals surface area contributed by atoms with Crippen LogP contribution in [-0.2, 0) is 15.7 Å². The largest absolute Gasteiger partial charge is 0.418 e. The van der Waals surface area contributed by atoms with Gasteiger partial charge in [0.2, 0.25) is 0 Å². The highest BCUT2D eigenvalue weighted by Crippen LogP contribution is 2.35. The number of carbonyl (C=O) groups is 2. The van der Waals surface area contributed by atoms with Crippen LogP contribution in [0.1, 0.15) is 46.0 Å². The van der Waals surface area contributed by atoms with Crippen molar-refractivity contribution in [2.24, 2.45) is 4.99 Å². The number of hydrogen-bond acceptors (Lipinski definition) is 9. The van der Waals surface area contributed by atoms with Crippen molar-refractivity contribution in [3.8, 4) is 0 Å². The van der Waals surface area contributed by atoms with Gasteiger partial charge in [0.15, 0.2) is 0 Å². The Morgan fingerprint density at radius 1 is 1.20 bits per heavy atom. The summed E-state index contributed by atoms with van der Waals surface area (Å²) in [6.07, 6.45) is 0.979. The Hall–Kier alpha value is -3.07. The number of pyridine rings is 1. The molecule has 0 aromatic carbocycles. The number of aromatic nitrogens is 2. The lowest BCUT2D eigenvalue weighted by Gasteiger charge is -2.28. The molecule has 2 N–H and O–H groups in total. The average molecular weight is 600 g/mol. The van der Waals surface area contributed by atoms with Gasteiger partial charge in [0, 0.05) is 32.0 Å². The quantitative estimate of drug-likeness (QED) is 0.448. The number of ether oxygens (including phenoxy) is 1. The molecule has 1 saturated heterocycles. The fourth-order valence-corrected chi connectivity index (χ4v) is 5.15. The molecule has 0 radical (unpaired) electrons. The molecular formula is C25H29ClF3N7O3S. The minimum Gasteiger partial charge on any atom is -0.379 e. The van der Waals surface area contributed by atoms with E-state index < -0.39 is 28.7 Å². The number of nitrogens with zero attached hydrogens (tertiary/aromatic N) is 5. The molecule has 2 aliphatic rings. The Bertz CT molecular complexity index is 1290. The first-order valence-corrected chi connectivity index (χ1v) is 13.8. The summed E-state index contributed by atoms with van der Waals surface area (Å²) in [5, 5.41) is 5.05. The second kappa shape index (κ2) is 13.1. The third-order valence-corrected chi connectivity index (χ3v) is 7.84. The van der Waals surface area contributed by atoms with Gasteiger partial charge in [-0.3, -0.25) is 19.5 Å². The fraction of sp³-hybridized carbons (Fsp3) is 0.480. The Morgan fingerprint density at radius 2 is 1.95 bits per heavy atom. The lowest BCUT2D eigenvalue weighted by atomic mass is 10.1. The van der Waals surface area contributed by atoms with Gasteiger partial charge in [-0.2, -0.15) is 13.2 Å². The first kappa shape index (κ1) is 29.9. The molecule has 0 bridgehead atoms. The molecule has 15 heteroatoms. The van der Waals surface area contributed by atoms with Crippen LogP contribution >= 0.6 is 22.9 Å². The number of aliphatic imine (C=N–C) groups is 1. The monoisotopic (exact) mass is 599 g/mol. The number of morpholine rings is 1. The molecule has 2 aromatic rings. The molecule has 2 aromatic heterocycles. The Labute approximate surface area is 238 Å². The van der Waals surface area contributed by atoms with E-state index in [1.54, 1.807) is 13.0 Å². The summed E-state index contributed by atoms with van der Waals surface area (Å²) in [6, 6.07) is 0.127. The predicted octanol–water partition coefficient (Wildman–Crippen LogP) is 3.98. The van der Waals surface area contributed by atoms with Gasteiger partial charge in [-0.25, -0.2) is 9.97 Å². The molecule has 1 unspecified atom stereocenters. The topological polar surface area (TPSA) is 112 Å². The number of carbonyl (C=O) groups excluding carboxylic acids is 2. The standard InChI is InChI=1S/C25H29ClF3N7O3S/c1-15(24-31-13-20(40-24)23(38)34-21-11-17(25(27,28)29)18(26)12-30-21)33-22(37)19-10-16(35(2)14-32-19)4-3-5-36-6-8-39-9-7-36/h10-13,15H,3-9,14H2,1-2H3,(H,33,37)(H,30,34,38). The summed E-state index contributed by atoms with van der Waals surface area (Å²) < 4.78 is 44.7. The van der Waals surface area contributed by atoms with Gasteiger partial charge >= 0.3 is 6.18 Å². The van der Waals surface area contributed by atoms with E-state index in [1.807, 2.05) is 11.9 Å². The van der Waals surface area contributed by atoms with Gasteiger partial charge in [0.1, 0.15) is 28.1 Å². The first-order chi connectivity index (χ1) is 19.0. The van der Waals surface area contributed by atoms with Crippen molar-refractivity contribution in [3.63, 3.8) is 0 Å². The number of anilines is 1. The number of halogens is 4. The number of rotatable bonds is 9. The molecule has 10 nitrogen and oxygen atoms in total. The smallest absolute Gasteiger partial charge is 0.379 e. The van der Waals surface area contributed by atoms with Crippen LogP contribution in [0, 0.1) is 0 Å². The molecule has 1 fully saturated rings. The molecule has 0 spiro atoms. The molecule has 4 heterocycles. The van der Waals surface area contributed by atoms with Crippen LogP contribution in [0.2, 0.25) is 5.02 Å². The second-order valence-corrected chi connectivity index (χ2v) is 10.8. The van der Waals surface area contributed by atoms with Crippen LogP contribution in [0.3, 0.4) is 0 Å². The van der Waals surface area contributed by atoms with Crippen molar-refractivity contribution in [1.29, 1.82) is 0 Å². The number of nitrogens with one attached hydrogen (secondary N) is 2. The lowest BCUT2D eigenvalue weighted by molar-refractivity contribution is -0.137. The fourth-order valence-electron chi connectivity index (χ4n) is 4.12. The molecule has 216 valence electrons. The summed E-state index contributed by atoms with van der Waals surface area (Å²) in [4.78, 5) is 42.4. The van der Waals surface area contributed by atoms with Gasteiger partial charge in [0.05, 0.1) is 36.0 Å². The van der Waals surface area contributed by atoms with Crippen LogP contribution in [0.25, 0.3) is 0 Å². The SMILES string of the molecule is CC(NC(=O)C1=NCN(C)C(CCCN2CCOCC2)=C1)c1ncc(C(=O)Nc2cc(C(F)(F)F)c(Cl)cn2)s1. The van der Waals surface area contributed by atoms with E-state index in [-0.39, 0.29) is 16.6 Å². The zero-order chi connectivity index (χ0) is 28.9. The van der Waals surface area contributed by atoms with Crippen LogP contribution in [0.4, 0.5) is 19.0 Å². The van der Waals surface area contributed by atoms with Crippen molar-refractivity contribution in [2.45, 2.75) is 32.0 Å². The van der Waals surface area contributed by atoms with Crippen LogP contribution < -0.4 is 10.6 Å². The van der Waals surface area contributed by atoms with Crippen molar-refractivity contribution < 1.29 is 27.5 Å². The molecule has 2 aliphatic heterocycles. The van der Waals surface area contributed by atoms with E-state index in [4.69, 9.17) is 16.3 Å². The highest BCUT2D eigenvalue weighted by atomic mass is 35.5. The average Bonchev–Trinajstić information content (AvgIpc) is 3.42. The number of alkyl halides is 3. The molecule has 2 amide bonds. The van der Waals surface area contributed by atoms with Gasteiger partial charge < -0.3 is 20.3 Å². The predicted molar refractivity (Wildman–Crippen MR) is 146 cm³/mol. The zero-order valence-electron chi connectivity index (χ0n) is 21.9. The van der Waals surface area contributed by atoms with Crippen molar-refractivity contribution in [2.75, 3.05) is 51.9 Å². The summed E-state index contributed by atoms with van der Waals surface area (Å²) >= 11 is 6.58. The maximum Gasteiger partial charge on any atom is 0.418 e. The number of hydrogen-bond donors (Lipinski definition) is 2.